The van der Waals surface area contributed by atoms with Gasteiger partial charge in [0, 0.05) is 11.4 Å². The van der Waals surface area contributed by atoms with E-state index in [1.807, 2.05) is 62.4 Å². The molecule has 1 N–H and O–H groups in total. The maximum atomic E-state index is 12.5. The molecule has 0 saturated carbocycles. The van der Waals surface area contributed by atoms with E-state index < -0.39 is 10.8 Å². The van der Waals surface area contributed by atoms with Crippen LogP contribution >= 0.6 is 0 Å². The van der Waals surface area contributed by atoms with Gasteiger partial charge in [0.1, 0.15) is 11.5 Å². The van der Waals surface area contributed by atoms with Crippen molar-refractivity contribution in [2.24, 2.45) is 0 Å². The number of nitrogens with one attached hydrogen (secondary N) is 1. The van der Waals surface area contributed by atoms with Crippen molar-refractivity contribution in [3.8, 4) is 5.75 Å². The second-order valence-corrected chi connectivity index (χ2v) is 8.11. The highest BCUT2D eigenvalue weighted by Gasteiger charge is 2.13. The summed E-state index contributed by atoms with van der Waals surface area (Å²) in [6.45, 7) is 5.05. The number of ether oxygens (including phenoxy) is 1. The van der Waals surface area contributed by atoms with Gasteiger partial charge in [-0.05, 0) is 67.8 Å². The summed E-state index contributed by atoms with van der Waals surface area (Å²) >= 11 is 0. The molecule has 5 nitrogen and oxygen atoms in total. The first-order valence-electron chi connectivity index (χ1n) is 9.59. The fourth-order valence-corrected chi connectivity index (χ4v) is 4.00. The molecule has 0 saturated heterocycles. The van der Waals surface area contributed by atoms with E-state index in [0.29, 0.717) is 25.3 Å². The summed E-state index contributed by atoms with van der Waals surface area (Å²) in [5.41, 5.74) is 2.17. The molecule has 0 aliphatic carbocycles. The molecule has 0 bridgehead atoms. The zero-order chi connectivity index (χ0) is 20.6. The van der Waals surface area contributed by atoms with Gasteiger partial charge >= 0.3 is 0 Å². The van der Waals surface area contributed by atoms with Crippen LogP contribution in [0.25, 0.3) is 0 Å². The van der Waals surface area contributed by atoms with Crippen LogP contribution in [0.3, 0.4) is 0 Å². The van der Waals surface area contributed by atoms with Crippen molar-refractivity contribution in [2.45, 2.75) is 30.9 Å². The first-order chi connectivity index (χ1) is 14.0. The van der Waals surface area contributed by atoms with Gasteiger partial charge in [-0.3, -0.25) is 9.00 Å². The number of amides is 1. The number of carbonyl (C=O) groups is 1. The van der Waals surface area contributed by atoms with Crippen LogP contribution in [0.5, 0.6) is 5.75 Å². The van der Waals surface area contributed by atoms with Crippen LogP contribution in [0.15, 0.2) is 70.0 Å². The predicted molar refractivity (Wildman–Crippen MR) is 114 cm³/mol. The minimum atomic E-state index is -1.21. The zero-order valence-corrected chi connectivity index (χ0v) is 17.5. The Labute approximate surface area is 173 Å². The number of carbonyl (C=O) groups excluding carboxylic acids is 1. The molecule has 1 aromatic heterocycles. The number of furan rings is 1. The lowest BCUT2D eigenvalue weighted by Crippen LogP contribution is -2.25. The van der Waals surface area contributed by atoms with Gasteiger partial charge in [0.25, 0.3) is 5.91 Å². The molecular weight excluding hydrogens is 386 g/mol. The van der Waals surface area contributed by atoms with Gasteiger partial charge in [0.2, 0.25) is 0 Å². The molecule has 3 aromatic rings. The third-order valence-electron chi connectivity index (χ3n) is 4.34. The standard InChI is InChI=1S/C23H25NO4S/c1-3-27-19-9-7-18(8-10-19)13-14-24-23(25)22-12-11-20(28-22)16-29(26)21-6-4-5-17(2)15-21/h4-12,15H,3,13-14,16H2,1-2H3,(H,24,25)/t29-/m0/s1. The maximum absolute atomic E-state index is 12.5. The number of hydrogen-bond donors (Lipinski definition) is 1. The van der Waals surface area contributed by atoms with Crippen LogP contribution in [-0.2, 0) is 23.0 Å². The largest absolute Gasteiger partial charge is 0.494 e. The van der Waals surface area contributed by atoms with Crippen molar-refractivity contribution in [1.29, 1.82) is 0 Å². The Kier molecular flexibility index (Phi) is 7.25. The average Bonchev–Trinajstić information content (AvgIpc) is 3.18. The quantitative estimate of drug-likeness (QED) is 0.571. The fraction of sp³-hybridized carbons (Fsp3) is 0.261. The summed E-state index contributed by atoms with van der Waals surface area (Å²) < 4.78 is 23.5. The summed E-state index contributed by atoms with van der Waals surface area (Å²) in [4.78, 5) is 13.0. The van der Waals surface area contributed by atoms with Crippen LogP contribution in [0.2, 0.25) is 0 Å². The molecule has 1 amide bonds. The Morgan fingerprint density at radius 1 is 1.10 bits per heavy atom. The third-order valence-corrected chi connectivity index (χ3v) is 5.67. The highest BCUT2D eigenvalue weighted by Crippen LogP contribution is 2.16. The van der Waals surface area contributed by atoms with Crippen LogP contribution in [0.4, 0.5) is 0 Å². The lowest BCUT2D eigenvalue weighted by molar-refractivity contribution is 0.0925. The third kappa shape index (κ3) is 6.06. The van der Waals surface area contributed by atoms with Gasteiger partial charge in [-0.25, -0.2) is 0 Å². The van der Waals surface area contributed by atoms with E-state index in [0.717, 1.165) is 21.8 Å². The maximum Gasteiger partial charge on any atom is 0.287 e. The van der Waals surface area contributed by atoms with Crippen molar-refractivity contribution < 1.29 is 18.2 Å². The number of hydrogen-bond acceptors (Lipinski definition) is 4. The average molecular weight is 412 g/mol. The SMILES string of the molecule is CCOc1ccc(CCNC(=O)c2ccc(C[S@](=O)c3cccc(C)c3)o2)cc1. The Hall–Kier alpha value is -2.86. The van der Waals surface area contributed by atoms with Crippen molar-refractivity contribution in [3.63, 3.8) is 0 Å². The molecule has 2 aromatic carbocycles. The lowest BCUT2D eigenvalue weighted by atomic mass is 10.1. The zero-order valence-electron chi connectivity index (χ0n) is 16.6. The highest BCUT2D eigenvalue weighted by molar-refractivity contribution is 7.84. The molecule has 0 radical (unpaired) electrons. The second-order valence-electron chi connectivity index (χ2n) is 6.66. The highest BCUT2D eigenvalue weighted by atomic mass is 32.2. The van der Waals surface area contributed by atoms with Gasteiger partial charge in [0.15, 0.2) is 5.76 Å². The van der Waals surface area contributed by atoms with Gasteiger partial charge in [-0.2, -0.15) is 0 Å². The van der Waals surface area contributed by atoms with Crippen LogP contribution in [-0.4, -0.2) is 23.3 Å². The van der Waals surface area contributed by atoms with Crippen LogP contribution in [0.1, 0.15) is 34.4 Å². The summed E-state index contributed by atoms with van der Waals surface area (Å²) in [7, 11) is -1.21. The molecule has 1 atom stereocenters. The Morgan fingerprint density at radius 2 is 1.90 bits per heavy atom. The van der Waals surface area contributed by atoms with E-state index in [1.54, 1.807) is 12.1 Å². The smallest absolute Gasteiger partial charge is 0.287 e. The molecule has 0 aliphatic rings. The van der Waals surface area contributed by atoms with E-state index in [4.69, 9.17) is 9.15 Å². The van der Waals surface area contributed by atoms with Gasteiger partial charge in [0.05, 0.1) is 23.2 Å². The normalized spacial score (nSPS) is 11.8. The Morgan fingerprint density at radius 3 is 2.62 bits per heavy atom. The number of benzene rings is 2. The van der Waals surface area contributed by atoms with Crippen LogP contribution in [0, 0.1) is 6.92 Å². The fourth-order valence-electron chi connectivity index (χ4n) is 2.87. The Bertz CT molecular complexity index is 979. The van der Waals surface area contributed by atoms with Crippen molar-refractivity contribution in [2.75, 3.05) is 13.2 Å². The van der Waals surface area contributed by atoms with Gasteiger partial charge in [-0.15, -0.1) is 0 Å². The molecule has 0 aliphatic heterocycles. The Balaban J connectivity index is 1.49. The minimum absolute atomic E-state index is 0.230. The van der Waals surface area contributed by atoms with E-state index in [-0.39, 0.29) is 17.4 Å². The van der Waals surface area contributed by atoms with Crippen molar-refractivity contribution >= 4 is 16.7 Å². The molecule has 0 unspecified atom stereocenters. The van der Waals surface area contributed by atoms with Crippen LogP contribution < -0.4 is 10.1 Å². The molecule has 1 heterocycles. The first-order valence-corrected chi connectivity index (χ1v) is 10.9. The van der Waals surface area contributed by atoms with Gasteiger partial charge < -0.3 is 14.5 Å². The minimum Gasteiger partial charge on any atom is -0.494 e. The first kappa shape index (κ1) is 20.9. The molecule has 3 rings (SSSR count). The predicted octanol–water partition coefficient (Wildman–Crippen LogP) is 4.27. The summed E-state index contributed by atoms with van der Waals surface area (Å²) in [6, 6.07) is 18.7. The van der Waals surface area contributed by atoms with E-state index in [2.05, 4.69) is 5.32 Å². The number of aryl methyl sites for hydroxylation is 1. The second kappa shape index (κ2) is 10.1. The summed E-state index contributed by atoms with van der Waals surface area (Å²) in [5.74, 6) is 1.56. The topological polar surface area (TPSA) is 68.5 Å². The van der Waals surface area contributed by atoms with Gasteiger partial charge in [-0.1, -0.05) is 24.3 Å². The summed E-state index contributed by atoms with van der Waals surface area (Å²) in [6.07, 6.45) is 0.711. The van der Waals surface area contributed by atoms with E-state index in [9.17, 15) is 9.00 Å². The molecular formula is C23H25NO4S. The number of rotatable bonds is 9. The summed E-state index contributed by atoms with van der Waals surface area (Å²) in [5, 5.41) is 2.85. The monoisotopic (exact) mass is 411 g/mol. The van der Waals surface area contributed by atoms with Crippen molar-refractivity contribution in [1.82, 2.24) is 5.32 Å². The van der Waals surface area contributed by atoms with E-state index >= 15 is 0 Å². The molecule has 152 valence electrons. The lowest BCUT2D eigenvalue weighted by Gasteiger charge is -2.06. The molecule has 0 spiro atoms. The molecule has 29 heavy (non-hydrogen) atoms. The molecule has 0 fully saturated rings. The molecule has 6 heteroatoms. The van der Waals surface area contributed by atoms with Crippen molar-refractivity contribution in [3.05, 3.63) is 83.3 Å². The van der Waals surface area contributed by atoms with E-state index in [1.165, 1.54) is 0 Å².